The number of aryl methyl sites for hydroxylation is 1. The highest BCUT2D eigenvalue weighted by Crippen LogP contribution is 2.30. The van der Waals surface area contributed by atoms with Crippen molar-refractivity contribution in [3.63, 3.8) is 0 Å². The SMILES string of the molecule is Cc1cnc2c(c1)N(C(=O)c1cn(-c3ccc4c(c3)C(=O)N(C3CCC(=O)NC3=O)C4)nn1)CCN2.O=C(O)C(F)(F)F. The molecule has 1 fully saturated rings. The molecule has 5 heterocycles. The lowest BCUT2D eigenvalue weighted by Crippen LogP contribution is -2.52. The molecule has 1 unspecified atom stereocenters. The first-order chi connectivity index (χ1) is 20.3. The number of carbonyl (C=O) groups excluding carboxylic acids is 4. The molecule has 6 rings (SSSR count). The van der Waals surface area contributed by atoms with Crippen LogP contribution in [0.5, 0.6) is 0 Å². The monoisotopic (exact) mass is 600 g/mol. The number of nitrogens with one attached hydrogen (secondary N) is 2. The summed E-state index contributed by atoms with van der Waals surface area (Å²) in [6, 6.07) is 6.49. The van der Waals surface area contributed by atoms with Crippen molar-refractivity contribution < 1.29 is 42.3 Å². The zero-order chi connectivity index (χ0) is 31.1. The van der Waals surface area contributed by atoms with Crippen LogP contribution in [0.15, 0.2) is 36.7 Å². The number of amides is 4. The van der Waals surface area contributed by atoms with Gasteiger partial charge < -0.3 is 20.2 Å². The number of carbonyl (C=O) groups is 5. The molecule has 4 amide bonds. The number of nitrogens with zero attached hydrogens (tertiary/aromatic N) is 6. The van der Waals surface area contributed by atoms with Gasteiger partial charge in [-0.3, -0.25) is 24.5 Å². The molecule has 1 aromatic carbocycles. The summed E-state index contributed by atoms with van der Waals surface area (Å²) >= 11 is 0. The molecular weight excluding hydrogens is 577 g/mol. The minimum absolute atomic E-state index is 0.168. The number of hydrogen-bond acceptors (Lipinski definition) is 9. The molecule has 0 radical (unpaired) electrons. The van der Waals surface area contributed by atoms with Crippen LogP contribution in [0.2, 0.25) is 0 Å². The summed E-state index contributed by atoms with van der Waals surface area (Å²) in [7, 11) is 0. The molecule has 0 spiro atoms. The number of piperidine rings is 1. The van der Waals surface area contributed by atoms with Crippen LogP contribution < -0.4 is 15.5 Å². The molecule has 1 atom stereocenters. The molecular formula is C26H23F3N8O6. The van der Waals surface area contributed by atoms with Gasteiger partial charge in [-0.2, -0.15) is 13.2 Å². The van der Waals surface area contributed by atoms with E-state index >= 15 is 0 Å². The first kappa shape index (κ1) is 29.2. The summed E-state index contributed by atoms with van der Waals surface area (Å²) in [6.45, 7) is 3.24. The third-order valence-corrected chi connectivity index (χ3v) is 6.90. The highest BCUT2D eigenvalue weighted by molar-refractivity contribution is 6.07. The molecule has 3 aliphatic heterocycles. The van der Waals surface area contributed by atoms with Crippen LogP contribution in [0.3, 0.4) is 0 Å². The molecule has 0 aliphatic carbocycles. The van der Waals surface area contributed by atoms with Crippen LogP contribution in [0.4, 0.5) is 24.7 Å². The number of aliphatic carboxylic acids is 1. The highest BCUT2D eigenvalue weighted by atomic mass is 19.4. The summed E-state index contributed by atoms with van der Waals surface area (Å²) in [5, 5.41) is 20.8. The van der Waals surface area contributed by atoms with Crippen LogP contribution in [0.25, 0.3) is 5.69 Å². The normalized spacial score (nSPS) is 17.8. The van der Waals surface area contributed by atoms with Gasteiger partial charge in [-0.1, -0.05) is 11.3 Å². The number of alkyl halides is 3. The summed E-state index contributed by atoms with van der Waals surface area (Å²) in [4.78, 5) is 66.5. The van der Waals surface area contributed by atoms with Crippen LogP contribution in [-0.4, -0.2) is 84.9 Å². The second-order valence-corrected chi connectivity index (χ2v) is 9.86. The summed E-state index contributed by atoms with van der Waals surface area (Å²) < 4.78 is 33.2. The summed E-state index contributed by atoms with van der Waals surface area (Å²) in [5.74, 6) is -3.46. The quantitative estimate of drug-likeness (QED) is 0.373. The van der Waals surface area contributed by atoms with Crippen molar-refractivity contribution in [3.05, 3.63) is 59.0 Å². The lowest BCUT2D eigenvalue weighted by molar-refractivity contribution is -0.192. The fourth-order valence-electron chi connectivity index (χ4n) is 4.82. The second kappa shape index (κ2) is 11.1. The number of carboxylic acid groups (broad SMARTS) is 1. The van der Waals surface area contributed by atoms with Crippen molar-refractivity contribution in [2.75, 3.05) is 23.3 Å². The van der Waals surface area contributed by atoms with Crippen LogP contribution in [-0.2, 0) is 20.9 Å². The van der Waals surface area contributed by atoms with Crippen molar-refractivity contribution >= 4 is 41.1 Å². The topological polar surface area (TPSA) is 180 Å². The fraction of sp³-hybridized carbons (Fsp3) is 0.308. The first-order valence-corrected chi connectivity index (χ1v) is 12.9. The van der Waals surface area contributed by atoms with Gasteiger partial charge in [0.15, 0.2) is 5.69 Å². The molecule has 17 heteroatoms. The molecule has 43 heavy (non-hydrogen) atoms. The van der Waals surface area contributed by atoms with Crippen molar-refractivity contribution in [2.24, 2.45) is 0 Å². The Hall–Kier alpha value is -5.35. The first-order valence-electron chi connectivity index (χ1n) is 12.9. The van der Waals surface area contributed by atoms with E-state index in [1.54, 1.807) is 29.3 Å². The Bertz CT molecular complexity index is 1660. The Labute approximate surface area is 240 Å². The van der Waals surface area contributed by atoms with Crippen LogP contribution >= 0.6 is 0 Å². The maximum absolute atomic E-state index is 13.3. The van der Waals surface area contributed by atoms with Crippen molar-refractivity contribution in [1.82, 2.24) is 30.2 Å². The van der Waals surface area contributed by atoms with E-state index < -0.39 is 24.1 Å². The zero-order valence-electron chi connectivity index (χ0n) is 22.4. The Morgan fingerprint density at radius 3 is 2.58 bits per heavy atom. The molecule has 0 bridgehead atoms. The van der Waals surface area contributed by atoms with Gasteiger partial charge in [-0.05, 0) is 42.7 Å². The van der Waals surface area contributed by atoms with Gasteiger partial charge in [-0.15, -0.1) is 5.10 Å². The van der Waals surface area contributed by atoms with Crippen molar-refractivity contribution in [2.45, 2.75) is 38.5 Å². The van der Waals surface area contributed by atoms with Gasteiger partial charge in [0.1, 0.15) is 11.9 Å². The zero-order valence-corrected chi connectivity index (χ0v) is 22.4. The van der Waals surface area contributed by atoms with Gasteiger partial charge >= 0.3 is 12.1 Å². The predicted molar refractivity (Wildman–Crippen MR) is 140 cm³/mol. The number of pyridine rings is 1. The van der Waals surface area contributed by atoms with Gasteiger partial charge in [0.05, 0.1) is 17.6 Å². The van der Waals surface area contributed by atoms with E-state index in [2.05, 4.69) is 25.9 Å². The molecule has 3 aromatic rings. The lowest BCUT2D eigenvalue weighted by atomic mass is 10.0. The Kier molecular flexibility index (Phi) is 7.56. The lowest BCUT2D eigenvalue weighted by Gasteiger charge is -2.29. The number of fused-ring (bicyclic) bond motifs is 2. The van der Waals surface area contributed by atoms with Gasteiger partial charge in [0, 0.05) is 37.8 Å². The van der Waals surface area contributed by atoms with E-state index in [1.807, 2.05) is 13.0 Å². The molecule has 1 saturated heterocycles. The van der Waals surface area contributed by atoms with E-state index in [1.165, 1.54) is 15.8 Å². The molecule has 224 valence electrons. The average Bonchev–Trinajstić information content (AvgIpc) is 3.57. The Balaban J connectivity index is 0.000000472. The number of benzene rings is 1. The molecule has 3 N–H and O–H groups in total. The Morgan fingerprint density at radius 2 is 1.88 bits per heavy atom. The molecule has 0 saturated carbocycles. The van der Waals surface area contributed by atoms with Crippen molar-refractivity contribution in [1.29, 1.82) is 0 Å². The van der Waals surface area contributed by atoms with Gasteiger partial charge in [0.25, 0.3) is 11.8 Å². The van der Waals surface area contributed by atoms with E-state index in [4.69, 9.17) is 9.90 Å². The number of carboxylic acids is 1. The number of aromatic nitrogens is 4. The number of anilines is 2. The maximum atomic E-state index is 13.3. The predicted octanol–water partition coefficient (Wildman–Crippen LogP) is 1.44. The fourth-order valence-corrected chi connectivity index (χ4v) is 4.82. The van der Waals surface area contributed by atoms with E-state index in [-0.39, 0.29) is 36.4 Å². The third-order valence-electron chi connectivity index (χ3n) is 6.90. The molecule has 14 nitrogen and oxygen atoms in total. The Morgan fingerprint density at radius 1 is 1.14 bits per heavy atom. The number of hydrogen-bond donors (Lipinski definition) is 3. The number of halogens is 3. The average molecular weight is 601 g/mol. The smallest absolute Gasteiger partial charge is 0.475 e. The van der Waals surface area contributed by atoms with Crippen LogP contribution in [0.1, 0.15) is 44.8 Å². The second-order valence-electron chi connectivity index (χ2n) is 9.86. The van der Waals surface area contributed by atoms with Gasteiger partial charge in [-0.25, -0.2) is 14.5 Å². The number of rotatable bonds is 3. The maximum Gasteiger partial charge on any atom is 0.490 e. The van der Waals surface area contributed by atoms with Crippen molar-refractivity contribution in [3.8, 4) is 5.69 Å². The molecule has 3 aliphatic rings. The van der Waals surface area contributed by atoms with E-state index in [9.17, 15) is 32.3 Å². The van der Waals surface area contributed by atoms with E-state index in [0.717, 1.165) is 11.1 Å². The third kappa shape index (κ3) is 5.86. The minimum atomic E-state index is -5.08. The highest BCUT2D eigenvalue weighted by Gasteiger charge is 2.39. The van der Waals surface area contributed by atoms with Crippen LogP contribution in [0, 0.1) is 6.92 Å². The summed E-state index contributed by atoms with van der Waals surface area (Å²) in [5.41, 5.74) is 3.60. The largest absolute Gasteiger partial charge is 0.490 e. The van der Waals surface area contributed by atoms with Gasteiger partial charge in [0.2, 0.25) is 11.8 Å². The molecule has 2 aromatic heterocycles. The van der Waals surface area contributed by atoms with E-state index in [0.29, 0.717) is 42.3 Å². The minimum Gasteiger partial charge on any atom is -0.475 e. The number of imide groups is 1. The standard InChI is InChI=1S/C24H22N8O4.C2HF3O2/c1-13-8-19-21(26-10-13)25-6-7-30(19)24(36)17-12-32(29-28-17)15-3-2-14-11-31(23(35)16(14)9-15)18-4-5-20(33)27-22(18)34;3-2(4,5)1(6)7/h2-3,8-10,12,18H,4-7,11H2,1H3,(H,25,26)(H,27,33,34);(H,6,7). The summed E-state index contributed by atoms with van der Waals surface area (Å²) in [6.07, 6.45) is -1.31.